The lowest BCUT2D eigenvalue weighted by atomic mass is 10.0. The number of carbonyl (C=O) groups is 2. The zero-order valence-corrected chi connectivity index (χ0v) is 14.7. The van der Waals surface area contributed by atoms with Gasteiger partial charge in [0.15, 0.2) is 11.5 Å². The van der Waals surface area contributed by atoms with Gasteiger partial charge in [0.2, 0.25) is 11.8 Å². The molecule has 2 heterocycles. The number of nitrogens with zero attached hydrogens (tertiary/aromatic N) is 3. The second kappa shape index (κ2) is 7.63. The Hall–Kier alpha value is -2.44. The standard InChI is InChI=1S/C18H25N5O2/c1-12(2)16(17-22-21-14-6-3-4-11-23(14)17)20-15(24)7-5-10-19-18(25)13-8-9-13/h3-4,6,11-13,16H,5,7-10H2,1-2H3,(H,19,25)(H,20,24)/t16-/m1/s1. The minimum atomic E-state index is -0.203. The number of carbonyl (C=O) groups excluding carboxylic acids is 2. The molecule has 1 aliphatic carbocycles. The summed E-state index contributed by atoms with van der Waals surface area (Å²) >= 11 is 0. The molecule has 2 N–H and O–H groups in total. The fraction of sp³-hybridized carbons (Fsp3) is 0.556. The van der Waals surface area contributed by atoms with Crippen LogP contribution in [0.15, 0.2) is 24.4 Å². The van der Waals surface area contributed by atoms with E-state index in [0.717, 1.165) is 24.3 Å². The first-order valence-electron chi connectivity index (χ1n) is 8.93. The summed E-state index contributed by atoms with van der Waals surface area (Å²) in [6, 6.07) is 5.51. The number of aromatic nitrogens is 3. The van der Waals surface area contributed by atoms with E-state index in [1.807, 2.05) is 42.6 Å². The van der Waals surface area contributed by atoms with E-state index < -0.39 is 0 Å². The second-order valence-electron chi connectivity index (χ2n) is 6.95. The number of amides is 2. The maximum Gasteiger partial charge on any atom is 0.223 e. The van der Waals surface area contributed by atoms with Gasteiger partial charge in [-0.05, 0) is 37.3 Å². The fourth-order valence-corrected chi connectivity index (χ4v) is 2.80. The van der Waals surface area contributed by atoms with Gasteiger partial charge in [0.25, 0.3) is 0 Å². The van der Waals surface area contributed by atoms with Crippen LogP contribution in [0.25, 0.3) is 5.65 Å². The molecule has 1 fully saturated rings. The molecule has 7 heteroatoms. The molecule has 0 saturated heterocycles. The smallest absolute Gasteiger partial charge is 0.223 e. The second-order valence-corrected chi connectivity index (χ2v) is 6.95. The summed E-state index contributed by atoms with van der Waals surface area (Å²) in [5, 5.41) is 14.4. The van der Waals surface area contributed by atoms with Crippen LogP contribution < -0.4 is 10.6 Å². The maximum atomic E-state index is 12.3. The SMILES string of the molecule is CC(C)[C@@H](NC(=O)CCCNC(=O)C1CC1)c1nnc2ccccn12. The topological polar surface area (TPSA) is 88.4 Å². The van der Waals surface area contributed by atoms with Crippen molar-refractivity contribution in [1.82, 2.24) is 25.2 Å². The van der Waals surface area contributed by atoms with Gasteiger partial charge in [-0.3, -0.25) is 14.0 Å². The summed E-state index contributed by atoms with van der Waals surface area (Å²) in [4.78, 5) is 23.9. The maximum absolute atomic E-state index is 12.3. The predicted molar refractivity (Wildman–Crippen MR) is 93.7 cm³/mol. The number of pyridine rings is 1. The van der Waals surface area contributed by atoms with Crippen molar-refractivity contribution < 1.29 is 9.59 Å². The molecule has 0 radical (unpaired) electrons. The lowest BCUT2D eigenvalue weighted by Gasteiger charge is -2.21. The molecule has 1 atom stereocenters. The Morgan fingerprint density at radius 3 is 2.80 bits per heavy atom. The van der Waals surface area contributed by atoms with E-state index in [0.29, 0.717) is 19.4 Å². The van der Waals surface area contributed by atoms with Gasteiger partial charge in [0.1, 0.15) is 0 Å². The fourth-order valence-electron chi connectivity index (χ4n) is 2.80. The number of nitrogens with one attached hydrogen (secondary N) is 2. The third-order valence-corrected chi connectivity index (χ3v) is 4.43. The molecule has 1 saturated carbocycles. The number of hydrogen-bond donors (Lipinski definition) is 2. The van der Waals surface area contributed by atoms with Gasteiger partial charge in [0, 0.05) is 25.1 Å². The van der Waals surface area contributed by atoms with E-state index in [4.69, 9.17) is 0 Å². The highest BCUT2D eigenvalue weighted by atomic mass is 16.2. The lowest BCUT2D eigenvalue weighted by Crippen LogP contribution is -2.34. The molecular weight excluding hydrogens is 318 g/mol. The Morgan fingerprint density at radius 1 is 1.28 bits per heavy atom. The van der Waals surface area contributed by atoms with Crippen LogP contribution in [0.4, 0.5) is 0 Å². The van der Waals surface area contributed by atoms with Gasteiger partial charge in [0.05, 0.1) is 6.04 Å². The van der Waals surface area contributed by atoms with Crippen LogP contribution in [0.2, 0.25) is 0 Å². The molecule has 134 valence electrons. The van der Waals surface area contributed by atoms with Crippen LogP contribution in [0.3, 0.4) is 0 Å². The molecule has 2 amide bonds. The summed E-state index contributed by atoms with van der Waals surface area (Å²) in [5.74, 6) is 1.22. The molecule has 0 spiro atoms. The average Bonchev–Trinajstić information content (AvgIpc) is 3.36. The third kappa shape index (κ3) is 4.35. The van der Waals surface area contributed by atoms with Crippen LogP contribution in [-0.4, -0.2) is 33.0 Å². The van der Waals surface area contributed by atoms with E-state index in [-0.39, 0.29) is 29.7 Å². The normalized spacial score (nSPS) is 15.3. The Labute approximate surface area is 147 Å². The summed E-state index contributed by atoms with van der Waals surface area (Å²) < 4.78 is 1.90. The van der Waals surface area contributed by atoms with Gasteiger partial charge in [-0.2, -0.15) is 0 Å². The Bertz CT molecular complexity index is 751. The molecule has 7 nitrogen and oxygen atoms in total. The van der Waals surface area contributed by atoms with Gasteiger partial charge >= 0.3 is 0 Å². The van der Waals surface area contributed by atoms with E-state index in [1.54, 1.807) is 0 Å². The Morgan fingerprint density at radius 2 is 2.08 bits per heavy atom. The molecule has 0 unspecified atom stereocenters. The lowest BCUT2D eigenvalue weighted by molar-refractivity contribution is -0.124. The van der Waals surface area contributed by atoms with Crippen LogP contribution in [0.5, 0.6) is 0 Å². The first-order valence-corrected chi connectivity index (χ1v) is 8.93. The zero-order chi connectivity index (χ0) is 17.8. The van der Waals surface area contributed by atoms with Crippen molar-refractivity contribution in [3.63, 3.8) is 0 Å². The van der Waals surface area contributed by atoms with Gasteiger partial charge in [-0.25, -0.2) is 0 Å². The van der Waals surface area contributed by atoms with E-state index in [1.165, 1.54) is 0 Å². The van der Waals surface area contributed by atoms with E-state index >= 15 is 0 Å². The molecule has 0 aromatic carbocycles. The van der Waals surface area contributed by atoms with Gasteiger partial charge in [-0.1, -0.05) is 19.9 Å². The van der Waals surface area contributed by atoms with Crippen molar-refractivity contribution >= 4 is 17.5 Å². The van der Waals surface area contributed by atoms with Gasteiger partial charge in [-0.15, -0.1) is 10.2 Å². The number of hydrogen-bond acceptors (Lipinski definition) is 4. The van der Waals surface area contributed by atoms with Crippen molar-refractivity contribution in [3.05, 3.63) is 30.2 Å². The minimum absolute atomic E-state index is 0.0351. The molecule has 0 aliphatic heterocycles. The Balaban J connectivity index is 1.54. The molecule has 3 rings (SSSR count). The highest BCUT2D eigenvalue weighted by molar-refractivity contribution is 5.81. The van der Waals surface area contributed by atoms with Crippen molar-refractivity contribution in [2.45, 2.75) is 45.6 Å². The van der Waals surface area contributed by atoms with Crippen molar-refractivity contribution in [2.75, 3.05) is 6.54 Å². The summed E-state index contributed by atoms with van der Waals surface area (Å²) in [5.41, 5.74) is 0.764. The minimum Gasteiger partial charge on any atom is -0.356 e. The zero-order valence-electron chi connectivity index (χ0n) is 14.7. The molecule has 2 aromatic rings. The summed E-state index contributed by atoms with van der Waals surface area (Å²) in [6.45, 7) is 4.64. The first-order chi connectivity index (χ1) is 12.1. The number of fused-ring (bicyclic) bond motifs is 1. The van der Waals surface area contributed by atoms with E-state index in [9.17, 15) is 9.59 Å². The Kier molecular flexibility index (Phi) is 5.31. The van der Waals surface area contributed by atoms with Crippen molar-refractivity contribution in [3.8, 4) is 0 Å². The van der Waals surface area contributed by atoms with Gasteiger partial charge < -0.3 is 10.6 Å². The number of rotatable bonds is 8. The molecule has 1 aliphatic rings. The monoisotopic (exact) mass is 343 g/mol. The molecule has 25 heavy (non-hydrogen) atoms. The van der Waals surface area contributed by atoms with Crippen molar-refractivity contribution in [1.29, 1.82) is 0 Å². The molecule has 2 aromatic heterocycles. The third-order valence-electron chi connectivity index (χ3n) is 4.43. The van der Waals surface area contributed by atoms with Crippen LogP contribution in [-0.2, 0) is 9.59 Å². The first kappa shape index (κ1) is 17.4. The summed E-state index contributed by atoms with van der Waals surface area (Å²) in [6.07, 6.45) is 4.91. The van der Waals surface area contributed by atoms with Crippen molar-refractivity contribution in [2.24, 2.45) is 11.8 Å². The quantitative estimate of drug-likeness (QED) is 0.716. The highest BCUT2D eigenvalue weighted by Gasteiger charge is 2.29. The van der Waals surface area contributed by atoms with E-state index in [2.05, 4.69) is 20.8 Å². The predicted octanol–water partition coefficient (Wildman–Crippen LogP) is 1.85. The highest BCUT2D eigenvalue weighted by Crippen LogP contribution is 2.28. The van der Waals surface area contributed by atoms with Crippen LogP contribution in [0.1, 0.15) is 51.4 Å². The molecule has 0 bridgehead atoms. The largest absolute Gasteiger partial charge is 0.356 e. The summed E-state index contributed by atoms with van der Waals surface area (Å²) in [7, 11) is 0. The molecular formula is C18H25N5O2. The van der Waals surface area contributed by atoms with Crippen LogP contribution >= 0.6 is 0 Å². The van der Waals surface area contributed by atoms with Crippen LogP contribution in [0, 0.1) is 11.8 Å². The average molecular weight is 343 g/mol.